The van der Waals surface area contributed by atoms with Crippen LogP contribution in [0.25, 0.3) is 0 Å². The van der Waals surface area contributed by atoms with Gasteiger partial charge in [0, 0.05) is 58.9 Å². The van der Waals surface area contributed by atoms with Crippen LogP contribution in [-0.4, -0.2) is 101 Å². The maximum Gasteiger partial charge on any atom is 0.258 e. The summed E-state index contributed by atoms with van der Waals surface area (Å²) in [5.41, 5.74) is 2.94. The Balaban J connectivity index is 1.24. The summed E-state index contributed by atoms with van der Waals surface area (Å²) in [6.45, 7) is 4.42. The summed E-state index contributed by atoms with van der Waals surface area (Å²) in [5.74, 6) is -0.0886. The van der Waals surface area contributed by atoms with E-state index >= 15 is 0 Å². The highest BCUT2D eigenvalue weighted by Gasteiger charge is 2.39. The average molecular weight is 632 g/mol. The maximum absolute atomic E-state index is 14.0. The highest BCUT2D eigenvalue weighted by molar-refractivity contribution is 6.00. The van der Waals surface area contributed by atoms with Crippen LogP contribution in [0.2, 0.25) is 0 Å². The zero-order valence-corrected chi connectivity index (χ0v) is 26.3. The van der Waals surface area contributed by atoms with Crippen LogP contribution in [0, 0.1) is 0 Å². The molecule has 0 saturated carbocycles. The largest absolute Gasteiger partial charge is 0.493 e. The highest BCUT2D eigenvalue weighted by atomic mass is 16.5. The fourth-order valence-electron chi connectivity index (χ4n) is 6.49. The number of carbonyl (C=O) groups excluding carboxylic acids is 3. The van der Waals surface area contributed by atoms with Crippen molar-refractivity contribution in [3.63, 3.8) is 0 Å². The second-order valence-corrected chi connectivity index (χ2v) is 12.1. The normalized spacial score (nSPS) is 24.2. The van der Waals surface area contributed by atoms with Crippen molar-refractivity contribution in [1.29, 1.82) is 0 Å². The number of hydrogen-bond donors (Lipinski definition) is 2. The molecule has 2 aromatic carbocycles. The first-order valence-electron chi connectivity index (χ1n) is 15.8. The van der Waals surface area contributed by atoms with Gasteiger partial charge in [-0.05, 0) is 42.7 Å². The Morgan fingerprint density at radius 3 is 2.72 bits per heavy atom. The van der Waals surface area contributed by atoms with Gasteiger partial charge in [-0.3, -0.25) is 19.3 Å². The lowest BCUT2D eigenvalue weighted by Gasteiger charge is -2.41. The number of nitrogens with one attached hydrogen (secondary N) is 2. The molecule has 0 unspecified atom stereocenters. The Kier molecular flexibility index (Phi) is 9.91. The molecule has 0 radical (unpaired) electrons. The van der Waals surface area contributed by atoms with Crippen LogP contribution < -0.4 is 15.4 Å². The number of carbonyl (C=O) groups is 3. The number of fused-ring (bicyclic) bond motifs is 4. The van der Waals surface area contributed by atoms with E-state index in [2.05, 4.69) is 25.8 Å². The molecular formula is C33H41N7O6. The van der Waals surface area contributed by atoms with Crippen molar-refractivity contribution in [2.75, 3.05) is 45.2 Å². The van der Waals surface area contributed by atoms with E-state index in [-0.39, 0.29) is 42.5 Å². The Hall–Kier alpha value is -4.33. The minimum absolute atomic E-state index is 0.0652. The zero-order valence-electron chi connectivity index (χ0n) is 26.3. The van der Waals surface area contributed by atoms with Crippen LogP contribution in [0.1, 0.15) is 53.8 Å². The van der Waals surface area contributed by atoms with E-state index in [0.29, 0.717) is 57.1 Å². The van der Waals surface area contributed by atoms with Crippen molar-refractivity contribution in [2.45, 2.75) is 63.6 Å². The molecule has 3 aromatic rings. The number of aromatic nitrogens is 3. The van der Waals surface area contributed by atoms with Crippen LogP contribution in [0.5, 0.6) is 5.75 Å². The summed E-state index contributed by atoms with van der Waals surface area (Å²) in [6.07, 6.45) is 3.72. The van der Waals surface area contributed by atoms with Crippen LogP contribution >= 0.6 is 0 Å². The summed E-state index contributed by atoms with van der Waals surface area (Å²) < 4.78 is 19.8. The van der Waals surface area contributed by atoms with Gasteiger partial charge in [-0.1, -0.05) is 29.5 Å². The quantitative estimate of drug-likeness (QED) is 0.420. The van der Waals surface area contributed by atoms with E-state index in [0.717, 1.165) is 29.8 Å². The third-order valence-corrected chi connectivity index (χ3v) is 8.77. The summed E-state index contributed by atoms with van der Waals surface area (Å²) >= 11 is 0. The number of anilines is 1. The van der Waals surface area contributed by atoms with Gasteiger partial charge >= 0.3 is 0 Å². The van der Waals surface area contributed by atoms with Crippen LogP contribution in [0.3, 0.4) is 0 Å². The second-order valence-electron chi connectivity index (χ2n) is 12.1. The van der Waals surface area contributed by atoms with Crippen LogP contribution in [0.4, 0.5) is 5.69 Å². The molecule has 3 aliphatic heterocycles. The third-order valence-electron chi connectivity index (χ3n) is 8.77. The summed E-state index contributed by atoms with van der Waals surface area (Å²) in [5, 5.41) is 14.5. The number of methoxy groups -OCH3 is 1. The molecule has 3 aliphatic rings. The predicted octanol–water partition coefficient (Wildman–Crippen LogP) is 2.40. The van der Waals surface area contributed by atoms with Crippen molar-refractivity contribution in [2.24, 2.45) is 0 Å². The standard InChI is InChI=1S/C33H41N7O6/c1-22(41)35-24-9-7-23(8-10-24)18-38-14-15-39-29(20-38)32(42)34-17-31-28(40-19-25(21-44-2)36-37-40)12-11-26(46-31)13-16-45-30-6-4-3-5-27(30)33(39)43/h3-10,19,26,28-29,31H,11-18,20-21H2,1-2H3,(H,34,42)(H,35,41)/t26-,28+,29-,31+/m0/s1. The molecule has 244 valence electrons. The molecule has 4 atom stereocenters. The Morgan fingerprint density at radius 1 is 1.09 bits per heavy atom. The molecule has 2 N–H and O–H groups in total. The fourth-order valence-corrected chi connectivity index (χ4v) is 6.49. The number of ether oxygens (including phenoxy) is 3. The maximum atomic E-state index is 14.0. The van der Waals surface area contributed by atoms with E-state index < -0.39 is 6.04 Å². The molecule has 0 spiro atoms. The monoisotopic (exact) mass is 631 g/mol. The molecule has 6 rings (SSSR count). The molecule has 0 aliphatic carbocycles. The molecule has 46 heavy (non-hydrogen) atoms. The van der Waals surface area contributed by atoms with Gasteiger partial charge < -0.3 is 29.7 Å². The molecule has 13 nitrogen and oxygen atoms in total. The fraction of sp³-hybridized carbons (Fsp3) is 0.485. The van der Waals surface area contributed by atoms with Crippen molar-refractivity contribution in [3.8, 4) is 5.75 Å². The molecule has 2 bridgehead atoms. The highest BCUT2D eigenvalue weighted by Crippen LogP contribution is 2.31. The van der Waals surface area contributed by atoms with E-state index in [1.54, 1.807) is 24.1 Å². The number of amides is 3. The number of piperazine rings is 1. The van der Waals surface area contributed by atoms with E-state index in [4.69, 9.17) is 14.2 Å². The van der Waals surface area contributed by atoms with Gasteiger partial charge in [0.15, 0.2) is 0 Å². The van der Waals surface area contributed by atoms with Crippen molar-refractivity contribution >= 4 is 23.4 Å². The minimum atomic E-state index is -0.728. The van der Waals surface area contributed by atoms with Gasteiger partial charge in [0.1, 0.15) is 17.5 Å². The summed E-state index contributed by atoms with van der Waals surface area (Å²) in [7, 11) is 1.62. The molecule has 13 heteroatoms. The van der Waals surface area contributed by atoms with E-state index in [9.17, 15) is 14.4 Å². The van der Waals surface area contributed by atoms with Crippen LogP contribution in [0.15, 0.2) is 54.7 Å². The lowest BCUT2D eigenvalue weighted by atomic mass is 9.96. The first kappa shape index (κ1) is 31.6. The molecule has 1 aromatic heterocycles. The van der Waals surface area contributed by atoms with Gasteiger partial charge in [-0.2, -0.15) is 0 Å². The van der Waals surface area contributed by atoms with Gasteiger partial charge in [0.2, 0.25) is 11.8 Å². The summed E-state index contributed by atoms with van der Waals surface area (Å²) in [4.78, 5) is 43.3. The van der Waals surface area contributed by atoms with Crippen molar-refractivity contribution in [3.05, 3.63) is 71.5 Å². The zero-order chi connectivity index (χ0) is 32.0. The number of nitrogens with zero attached hydrogens (tertiary/aromatic N) is 5. The molecule has 3 amide bonds. The Morgan fingerprint density at radius 2 is 1.91 bits per heavy atom. The summed E-state index contributed by atoms with van der Waals surface area (Å²) in [6, 6.07) is 14.0. The molecule has 2 saturated heterocycles. The lowest BCUT2D eigenvalue weighted by molar-refractivity contribution is -0.130. The predicted molar refractivity (Wildman–Crippen MR) is 168 cm³/mol. The SMILES string of the molecule is COCc1cn([C@@H]2CC[C@H]3CCOc4ccccc4C(=O)N4CCN(Cc5ccc(NC(C)=O)cc5)C[C@H]4C(=O)NC[C@H]2O3)nn1. The third kappa shape index (κ3) is 7.38. The van der Waals surface area contributed by atoms with Crippen molar-refractivity contribution < 1.29 is 28.6 Å². The van der Waals surface area contributed by atoms with Gasteiger partial charge in [-0.25, -0.2) is 4.68 Å². The Bertz CT molecular complexity index is 1530. The molecule has 2 fully saturated rings. The van der Waals surface area contributed by atoms with Crippen LogP contribution in [-0.2, 0) is 32.2 Å². The number of rotatable bonds is 6. The second kappa shape index (κ2) is 14.4. The van der Waals surface area contributed by atoms with Gasteiger partial charge in [0.05, 0.1) is 43.2 Å². The van der Waals surface area contributed by atoms with E-state index in [1.807, 2.05) is 47.3 Å². The van der Waals surface area contributed by atoms with Gasteiger partial charge in [0.25, 0.3) is 5.91 Å². The number of benzene rings is 2. The smallest absolute Gasteiger partial charge is 0.258 e. The number of hydrogen-bond acceptors (Lipinski definition) is 9. The molecule has 4 heterocycles. The average Bonchev–Trinajstić information content (AvgIpc) is 3.52. The van der Waals surface area contributed by atoms with Crippen molar-refractivity contribution in [1.82, 2.24) is 30.1 Å². The van der Waals surface area contributed by atoms with Gasteiger partial charge in [-0.15, -0.1) is 5.10 Å². The Labute approximate surface area is 268 Å². The first-order chi connectivity index (χ1) is 22.4. The minimum Gasteiger partial charge on any atom is -0.493 e. The number of para-hydroxylation sites is 1. The topological polar surface area (TPSA) is 140 Å². The first-order valence-corrected chi connectivity index (χ1v) is 15.8. The lowest BCUT2D eigenvalue weighted by Crippen LogP contribution is -2.61. The molecular weight excluding hydrogens is 590 g/mol. The van der Waals surface area contributed by atoms with E-state index in [1.165, 1.54) is 6.92 Å².